The quantitative estimate of drug-likeness (QED) is 0.782. The van der Waals surface area contributed by atoms with Crippen molar-refractivity contribution in [3.8, 4) is 0 Å². The lowest BCUT2D eigenvalue weighted by Crippen LogP contribution is -2.07. The Balaban J connectivity index is 2.85. The van der Waals surface area contributed by atoms with Crippen LogP contribution >= 0.6 is 34.8 Å². The molecule has 0 aromatic heterocycles. The number of ether oxygens (including phenoxy) is 1. The number of hydrogen-bond donors (Lipinski definition) is 0. The number of halogens is 3. The van der Waals surface area contributed by atoms with Gasteiger partial charge in [-0.2, -0.15) is 0 Å². The molecule has 0 spiro atoms. The Bertz CT molecular complexity index is 316. The number of hydrogen-bond acceptors (Lipinski definition) is 1. The lowest BCUT2D eigenvalue weighted by atomic mass is 10.0. The second kappa shape index (κ2) is 5.95. The molecule has 0 saturated carbocycles. The Labute approximate surface area is 105 Å². The van der Waals surface area contributed by atoms with Gasteiger partial charge in [-0.3, -0.25) is 0 Å². The first-order valence-corrected chi connectivity index (χ1v) is 5.80. The predicted octanol–water partition coefficient (Wildman–Crippen LogP) is 4.47. The third-order valence-corrected chi connectivity index (χ3v) is 3.00. The van der Waals surface area contributed by atoms with Gasteiger partial charge in [-0.25, -0.2) is 0 Å². The summed E-state index contributed by atoms with van der Waals surface area (Å²) in [7, 11) is 1.68. The Morgan fingerprint density at radius 2 is 1.73 bits per heavy atom. The highest BCUT2D eigenvalue weighted by Gasteiger charge is 2.11. The Morgan fingerprint density at radius 1 is 1.20 bits per heavy atom. The van der Waals surface area contributed by atoms with Gasteiger partial charge in [0.05, 0.1) is 0 Å². The maximum Gasteiger partial charge on any atom is 0.0491 e. The maximum atomic E-state index is 6.07. The van der Waals surface area contributed by atoms with Gasteiger partial charge in [0.25, 0.3) is 0 Å². The second-order valence-corrected chi connectivity index (χ2v) is 4.86. The first-order valence-electron chi connectivity index (χ1n) is 4.67. The summed E-state index contributed by atoms with van der Waals surface area (Å²) in [5, 5.41) is 1.80. The highest BCUT2D eigenvalue weighted by Crippen LogP contribution is 2.30. The summed E-state index contributed by atoms with van der Waals surface area (Å²) < 4.78 is 5.07. The van der Waals surface area contributed by atoms with E-state index < -0.39 is 0 Å². The van der Waals surface area contributed by atoms with Crippen LogP contribution in [0.5, 0.6) is 0 Å². The lowest BCUT2D eigenvalue weighted by Gasteiger charge is -2.13. The summed E-state index contributed by atoms with van der Waals surface area (Å²) in [5.74, 6) is 0.381. The molecule has 0 fully saturated rings. The Hall–Kier alpha value is 0.0500. The molecule has 0 N–H and O–H groups in total. The van der Waals surface area contributed by atoms with Gasteiger partial charge in [0, 0.05) is 28.8 Å². The normalized spacial score (nSPS) is 12.9. The summed E-state index contributed by atoms with van der Waals surface area (Å²) in [5.41, 5.74) is 0.937. The fourth-order valence-corrected chi connectivity index (χ4v) is 2.43. The van der Waals surface area contributed by atoms with Gasteiger partial charge >= 0.3 is 0 Å². The van der Waals surface area contributed by atoms with Crippen molar-refractivity contribution in [2.45, 2.75) is 13.3 Å². The van der Waals surface area contributed by atoms with E-state index in [-0.39, 0.29) is 0 Å². The number of benzene rings is 1. The fourth-order valence-electron chi connectivity index (χ4n) is 1.46. The van der Waals surface area contributed by atoms with Gasteiger partial charge in [-0.1, -0.05) is 41.7 Å². The van der Waals surface area contributed by atoms with E-state index in [1.807, 2.05) is 0 Å². The molecule has 0 aliphatic carbocycles. The van der Waals surface area contributed by atoms with E-state index in [4.69, 9.17) is 39.5 Å². The van der Waals surface area contributed by atoms with E-state index in [9.17, 15) is 0 Å². The van der Waals surface area contributed by atoms with Crippen molar-refractivity contribution >= 4 is 34.8 Å². The van der Waals surface area contributed by atoms with Crippen molar-refractivity contribution in [2.24, 2.45) is 5.92 Å². The summed E-state index contributed by atoms with van der Waals surface area (Å²) in [6.45, 7) is 2.78. The molecule has 0 aliphatic heterocycles. The van der Waals surface area contributed by atoms with Gasteiger partial charge in [0.15, 0.2) is 0 Å². The Morgan fingerprint density at radius 3 is 2.20 bits per heavy atom. The van der Waals surface area contributed by atoms with Crippen LogP contribution in [0.3, 0.4) is 0 Å². The van der Waals surface area contributed by atoms with Crippen molar-refractivity contribution in [3.63, 3.8) is 0 Å². The zero-order valence-corrected chi connectivity index (χ0v) is 11.0. The van der Waals surface area contributed by atoms with E-state index in [2.05, 4.69) is 6.92 Å². The Kier molecular flexibility index (Phi) is 5.20. The SMILES string of the molecule is COC[C@H](C)Cc1c(Cl)cc(Cl)cc1Cl. The number of rotatable bonds is 4. The van der Waals surface area contributed by atoms with Crippen LogP contribution in [0.15, 0.2) is 12.1 Å². The average Bonchev–Trinajstić information content (AvgIpc) is 2.11. The van der Waals surface area contributed by atoms with Crippen molar-refractivity contribution in [3.05, 3.63) is 32.8 Å². The highest BCUT2D eigenvalue weighted by molar-refractivity contribution is 6.39. The monoisotopic (exact) mass is 266 g/mol. The smallest absolute Gasteiger partial charge is 0.0491 e. The average molecular weight is 268 g/mol. The molecule has 84 valence electrons. The van der Waals surface area contributed by atoms with Gasteiger partial charge in [0.2, 0.25) is 0 Å². The summed E-state index contributed by atoms with van der Waals surface area (Å²) in [6.07, 6.45) is 0.794. The molecule has 0 heterocycles. The lowest BCUT2D eigenvalue weighted by molar-refractivity contribution is 0.159. The van der Waals surface area contributed by atoms with Crippen LogP contribution in [0.1, 0.15) is 12.5 Å². The predicted molar refractivity (Wildman–Crippen MR) is 66.2 cm³/mol. The molecule has 1 atom stereocenters. The summed E-state index contributed by atoms with van der Waals surface area (Å²) in [6, 6.07) is 3.42. The first kappa shape index (κ1) is 13.1. The molecule has 1 aromatic carbocycles. The van der Waals surface area contributed by atoms with Gasteiger partial charge in [0.1, 0.15) is 0 Å². The second-order valence-electron chi connectivity index (χ2n) is 3.61. The van der Waals surface area contributed by atoms with E-state index in [1.165, 1.54) is 0 Å². The molecule has 0 unspecified atom stereocenters. The zero-order valence-electron chi connectivity index (χ0n) is 8.69. The van der Waals surface area contributed by atoms with Crippen molar-refractivity contribution in [2.75, 3.05) is 13.7 Å². The third kappa shape index (κ3) is 3.84. The van der Waals surface area contributed by atoms with Gasteiger partial charge in [-0.15, -0.1) is 0 Å². The van der Waals surface area contributed by atoms with Crippen molar-refractivity contribution in [1.82, 2.24) is 0 Å². The molecule has 1 aromatic rings. The molecular weight excluding hydrogens is 254 g/mol. The summed E-state index contributed by atoms with van der Waals surface area (Å²) >= 11 is 18.0. The molecule has 0 aliphatic rings. The fraction of sp³-hybridized carbons (Fsp3) is 0.455. The molecule has 0 bridgehead atoms. The van der Waals surface area contributed by atoms with Crippen molar-refractivity contribution < 1.29 is 4.74 Å². The van der Waals surface area contributed by atoms with Crippen LogP contribution in [0.25, 0.3) is 0 Å². The largest absolute Gasteiger partial charge is 0.384 e. The van der Waals surface area contributed by atoms with E-state index >= 15 is 0 Å². The van der Waals surface area contributed by atoms with E-state index in [0.29, 0.717) is 27.6 Å². The van der Waals surface area contributed by atoms with Crippen LogP contribution in [0, 0.1) is 5.92 Å². The van der Waals surface area contributed by atoms with Crippen LogP contribution < -0.4 is 0 Å². The minimum atomic E-state index is 0.381. The molecule has 4 heteroatoms. The van der Waals surface area contributed by atoms with Crippen molar-refractivity contribution in [1.29, 1.82) is 0 Å². The van der Waals surface area contributed by atoms with Crippen LogP contribution in [-0.4, -0.2) is 13.7 Å². The van der Waals surface area contributed by atoms with Crippen LogP contribution in [0.2, 0.25) is 15.1 Å². The van der Waals surface area contributed by atoms with Crippen LogP contribution in [-0.2, 0) is 11.2 Å². The molecule has 0 saturated heterocycles. The minimum Gasteiger partial charge on any atom is -0.384 e. The maximum absolute atomic E-state index is 6.07. The van der Waals surface area contributed by atoms with Crippen LogP contribution in [0.4, 0.5) is 0 Å². The zero-order chi connectivity index (χ0) is 11.4. The molecule has 0 amide bonds. The molecule has 0 radical (unpaired) electrons. The highest BCUT2D eigenvalue weighted by atomic mass is 35.5. The molecule has 15 heavy (non-hydrogen) atoms. The molecule has 1 rings (SSSR count). The summed E-state index contributed by atoms with van der Waals surface area (Å²) in [4.78, 5) is 0. The standard InChI is InChI=1S/C11H13Cl3O/c1-7(6-15-2)3-9-10(13)4-8(12)5-11(9)14/h4-5,7H,3,6H2,1-2H3/t7-/m1/s1. The van der Waals surface area contributed by atoms with E-state index in [0.717, 1.165) is 12.0 Å². The molecule has 1 nitrogen and oxygen atoms in total. The topological polar surface area (TPSA) is 9.23 Å². The molecular formula is C11H13Cl3O. The first-order chi connectivity index (χ1) is 7.04. The number of methoxy groups -OCH3 is 1. The van der Waals surface area contributed by atoms with Gasteiger partial charge in [-0.05, 0) is 30.0 Å². The van der Waals surface area contributed by atoms with Gasteiger partial charge < -0.3 is 4.74 Å². The minimum absolute atomic E-state index is 0.381. The third-order valence-electron chi connectivity index (χ3n) is 2.11. The van der Waals surface area contributed by atoms with E-state index in [1.54, 1.807) is 19.2 Å².